The molecule has 7 nitrogen and oxygen atoms in total. The van der Waals surface area contributed by atoms with Crippen LogP contribution in [-0.4, -0.2) is 50.6 Å². The van der Waals surface area contributed by atoms with E-state index in [2.05, 4.69) is 32.4 Å². The van der Waals surface area contributed by atoms with E-state index in [1.165, 1.54) is 19.8 Å². The summed E-state index contributed by atoms with van der Waals surface area (Å²) in [5.74, 6) is 0.124. The second-order valence-electron chi connectivity index (χ2n) is 7.09. The van der Waals surface area contributed by atoms with Gasteiger partial charge in [0.1, 0.15) is 0 Å². The van der Waals surface area contributed by atoms with Gasteiger partial charge >= 0.3 is 11.8 Å². The molecule has 2 heterocycles. The van der Waals surface area contributed by atoms with E-state index < -0.39 is 11.8 Å². The summed E-state index contributed by atoms with van der Waals surface area (Å²) in [6, 6.07) is 7.12. The molecule has 156 valence electrons. The summed E-state index contributed by atoms with van der Waals surface area (Å²) in [7, 11) is 3.05. The maximum atomic E-state index is 12.2. The number of likely N-dealkylation sites (tertiary alicyclic amines) is 1. The fraction of sp³-hybridized carbons (Fsp3) is 0.429. The quantitative estimate of drug-likeness (QED) is 0.677. The molecule has 1 aliphatic rings. The van der Waals surface area contributed by atoms with Crippen LogP contribution in [0.15, 0.2) is 35.0 Å². The predicted molar refractivity (Wildman–Crippen MR) is 114 cm³/mol. The number of anilines is 1. The van der Waals surface area contributed by atoms with Crippen LogP contribution in [0, 0.1) is 5.92 Å². The molecular weight excluding hydrogens is 390 g/mol. The monoisotopic (exact) mass is 417 g/mol. The number of nitrogens with one attached hydrogen (secondary N) is 2. The molecular formula is C21H27N3O4S. The Kier molecular flexibility index (Phi) is 7.48. The molecule has 1 aromatic carbocycles. The summed E-state index contributed by atoms with van der Waals surface area (Å²) in [4.78, 5) is 26.8. The summed E-state index contributed by atoms with van der Waals surface area (Å²) >= 11 is 1.72. The number of piperidine rings is 1. The van der Waals surface area contributed by atoms with Gasteiger partial charge in [-0.05, 0) is 66.4 Å². The molecule has 2 amide bonds. The summed E-state index contributed by atoms with van der Waals surface area (Å²) in [6.45, 7) is 3.52. The van der Waals surface area contributed by atoms with E-state index in [1.54, 1.807) is 29.5 Å². The van der Waals surface area contributed by atoms with Gasteiger partial charge in [0.25, 0.3) is 0 Å². The topological polar surface area (TPSA) is 79.9 Å². The third-order valence-corrected chi connectivity index (χ3v) is 5.82. The Morgan fingerprint density at radius 1 is 1.10 bits per heavy atom. The van der Waals surface area contributed by atoms with E-state index >= 15 is 0 Å². The van der Waals surface area contributed by atoms with E-state index in [0.29, 0.717) is 29.6 Å². The maximum absolute atomic E-state index is 12.2. The molecule has 8 heteroatoms. The Morgan fingerprint density at radius 2 is 1.86 bits per heavy atom. The van der Waals surface area contributed by atoms with Crippen LogP contribution in [-0.2, 0) is 16.1 Å². The lowest BCUT2D eigenvalue weighted by Crippen LogP contribution is -2.41. The van der Waals surface area contributed by atoms with Crippen molar-refractivity contribution in [3.8, 4) is 11.5 Å². The van der Waals surface area contributed by atoms with Gasteiger partial charge in [0.05, 0.1) is 14.2 Å². The fourth-order valence-electron chi connectivity index (χ4n) is 3.41. The Bertz CT molecular complexity index is 817. The molecule has 2 aromatic rings. The molecule has 1 fully saturated rings. The average molecular weight is 418 g/mol. The number of hydrogen-bond acceptors (Lipinski definition) is 6. The Morgan fingerprint density at radius 3 is 2.52 bits per heavy atom. The molecule has 0 atom stereocenters. The van der Waals surface area contributed by atoms with Gasteiger partial charge in [0.15, 0.2) is 11.5 Å². The molecule has 2 N–H and O–H groups in total. The molecule has 3 rings (SSSR count). The van der Waals surface area contributed by atoms with Crippen LogP contribution in [0.2, 0.25) is 0 Å². The van der Waals surface area contributed by atoms with Gasteiger partial charge in [-0.3, -0.25) is 14.5 Å². The van der Waals surface area contributed by atoms with E-state index in [-0.39, 0.29) is 0 Å². The number of thiophene rings is 1. The van der Waals surface area contributed by atoms with Crippen molar-refractivity contribution < 1.29 is 19.1 Å². The van der Waals surface area contributed by atoms with E-state index in [9.17, 15) is 9.59 Å². The molecule has 29 heavy (non-hydrogen) atoms. The lowest BCUT2D eigenvalue weighted by Gasteiger charge is -2.31. The van der Waals surface area contributed by atoms with Gasteiger partial charge in [-0.15, -0.1) is 0 Å². The molecule has 0 saturated carbocycles. The van der Waals surface area contributed by atoms with E-state index in [0.717, 1.165) is 32.5 Å². The second-order valence-corrected chi connectivity index (χ2v) is 7.87. The molecule has 1 saturated heterocycles. The minimum atomic E-state index is -0.688. The van der Waals surface area contributed by atoms with Crippen molar-refractivity contribution in [3.05, 3.63) is 40.6 Å². The Hall–Kier alpha value is -2.58. The smallest absolute Gasteiger partial charge is 0.313 e. The SMILES string of the molecule is COc1ccc(NC(=O)C(=O)NCC2CCN(Cc3ccsc3)CC2)cc1OC. The summed E-state index contributed by atoms with van der Waals surface area (Å²) in [5, 5.41) is 9.64. The van der Waals surface area contributed by atoms with Crippen molar-refractivity contribution in [3.63, 3.8) is 0 Å². The van der Waals surface area contributed by atoms with Crippen LogP contribution in [0.4, 0.5) is 5.69 Å². The van der Waals surface area contributed by atoms with E-state index in [1.807, 2.05) is 0 Å². The minimum Gasteiger partial charge on any atom is -0.493 e. The van der Waals surface area contributed by atoms with Crippen molar-refractivity contribution in [2.45, 2.75) is 19.4 Å². The van der Waals surface area contributed by atoms with Crippen molar-refractivity contribution >= 4 is 28.8 Å². The number of hydrogen-bond donors (Lipinski definition) is 2. The first-order valence-corrected chi connectivity index (χ1v) is 10.6. The summed E-state index contributed by atoms with van der Waals surface area (Å²) in [5.41, 5.74) is 1.83. The first-order valence-electron chi connectivity index (χ1n) is 9.63. The largest absolute Gasteiger partial charge is 0.493 e. The first kappa shape index (κ1) is 21.1. The molecule has 1 aliphatic heterocycles. The number of ether oxygens (including phenoxy) is 2. The normalized spacial score (nSPS) is 15.0. The number of benzene rings is 1. The third kappa shape index (κ3) is 5.95. The van der Waals surface area contributed by atoms with Gasteiger partial charge in [0.2, 0.25) is 0 Å². The van der Waals surface area contributed by atoms with Crippen LogP contribution in [0.25, 0.3) is 0 Å². The highest BCUT2D eigenvalue weighted by atomic mass is 32.1. The lowest BCUT2D eigenvalue weighted by molar-refractivity contribution is -0.136. The van der Waals surface area contributed by atoms with Gasteiger partial charge in [-0.25, -0.2) is 0 Å². The molecule has 1 aromatic heterocycles. The van der Waals surface area contributed by atoms with E-state index in [4.69, 9.17) is 9.47 Å². The van der Waals surface area contributed by atoms with Crippen LogP contribution in [0.1, 0.15) is 18.4 Å². The fourth-order valence-corrected chi connectivity index (χ4v) is 4.07. The highest BCUT2D eigenvalue weighted by molar-refractivity contribution is 7.07. The van der Waals surface area contributed by atoms with Crippen LogP contribution >= 0.6 is 11.3 Å². The number of methoxy groups -OCH3 is 2. The van der Waals surface area contributed by atoms with Crippen LogP contribution < -0.4 is 20.1 Å². The number of rotatable bonds is 7. The van der Waals surface area contributed by atoms with Crippen molar-refractivity contribution in [2.24, 2.45) is 5.92 Å². The average Bonchev–Trinajstić information content (AvgIpc) is 3.25. The van der Waals surface area contributed by atoms with Gasteiger partial charge in [-0.1, -0.05) is 0 Å². The van der Waals surface area contributed by atoms with Crippen molar-refractivity contribution in [2.75, 3.05) is 39.2 Å². The summed E-state index contributed by atoms with van der Waals surface area (Å²) < 4.78 is 10.4. The Balaban J connectivity index is 1.41. The van der Waals surface area contributed by atoms with Crippen LogP contribution in [0.5, 0.6) is 11.5 Å². The van der Waals surface area contributed by atoms with Crippen molar-refractivity contribution in [1.82, 2.24) is 10.2 Å². The first-order chi connectivity index (χ1) is 14.1. The summed E-state index contributed by atoms with van der Waals surface area (Å²) in [6.07, 6.45) is 2.03. The predicted octanol–water partition coefficient (Wildman–Crippen LogP) is 2.73. The third-order valence-electron chi connectivity index (χ3n) is 5.09. The zero-order valence-corrected chi connectivity index (χ0v) is 17.6. The zero-order valence-electron chi connectivity index (χ0n) is 16.8. The number of amides is 2. The van der Waals surface area contributed by atoms with Gasteiger partial charge in [0, 0.05) is 24.8 Å². The molecule has 0 spiro atoms. The highest BCUT2D eigenvalue weighted by Crippen LogP contribution is 2.29. The zero-order chi connectivity index (χ0) is 20.6. The molecule has 0 bridgehead atoms. The molecule has 0 aliphatic carbocycles. The maximum Gasteiger partial charge on any atom is 0.313 e. The molecule has 0 unspecified atom stereocenters. The lowest BCUT2D eigenvalue weighted by atomic mass is 9.96. The Labute approximate surface area is 175 Å². The molecule has 0 radical (unpaired) electrons. The number of carbonyl (C=O) groups is 2. The van der Waals surface area contributed by atoms with Gasteiger partial charge in [-0.2, -0.15) is 11.3 Å². The van der Waals surface area contributed by atoms with Crippen molar-refractivity contribution in [1.29, 1.82) is 0 Å². The standard InChI is InChI=1S/C21H27N3O4S/c1-27-18-4-3-17(11-19(18)28-2)23-21(26)20(25)22-12-15-5-8-24(9-6-15)13-16-7-10-29-14-16/h3-4,7,10-11,14-15H,5-6,8-9,12-13H2,1-2H3,(H,22,25)(H,23,26). The highest BCUT2D eigenvalue weighted by Gasteiger charge is 2.21. The van der Waals surface area contributed by atoms with Crippen LogP contribution in [0.3, 0.4) is 0 Å². The second kappa shape index (κ2) is 10.3. The van der Waals surface area contributed by atoms with Gasteiger partial charge < -0.3 is 20.1 Å². The minimum absolute atomic E-state index is 0.395. The number of nitrogens with zero attached hydrogens (tertiary/aromatic N) is 1. The number of carbonyl (C=O) groups excluding carboxylic acids is 2.